The van der Waals surface area contributed by atoms with Gasteiger partial charge in [-0.3, -0.25) is 0 Å². The Bertz CT molecular complexity index is 3550. The highest BCUT2D eigenvalue weighted by atomic mass is 16.3. The fourth-order valence-electron chi connectivity index (χ4n) is 9.91. The molecule has 12 rings (SSSR count). The van der Waals surface area contributed by atoms with Crippen molar-refractivity contribution in [1.29, 1.82) is 0 Å². The van der Waals surface area contributed by atoms with Crippen LogP contribution in [0.1, 0.15) is 18.4 Å². The Morgan fingerprint density at radius 1 is 0.438 bits per heavy atom. The lowest BCUT2D eigenvalue weighted by atomic mass is 9.84. The standard InChI is InChI=1S/C61H44N2O/c1-41-14-5-6-17-50(41)47-34-39-53-52-19-8-11-23-57(52)63(59(53)40-47)56-22-10-7-18-51(56)46-28-26-43(27-29-46)45-32-37-49(38-33-45)62(48-35-30-44(31-36-48)42-15-3-2-4-16-42)58-24-13-21-55-54-20-9-12-25-60(54)64-61(55)58/h2-41,50H,1H3. The monoisotopic (exact) mass is 820 g/mol. The van der Waals surface area contributed by atoms with Gasteiger partial charge in [0.25, 0.3) is 0 Å². The van der Waals surface area contributed by atoms with Crippen LogP contribution >= 0.6 is 0 Å². The van der Waals surface area contributed by atoms with Crippen molar-refractivity contribution in [3.05, 3.63) is 242 Å². The molecule has 11 aromatic rings. The molecule has 1 aliphatic carbocycles. The van der Waals surface area contributed by atoms with E-state index in [4.69, 9.17) is 4.42 Å². The molecule has 0 spiro atoms. The smallest absolute Gasteiger partial charge is 0.159 e. The van der Waals surface area contributed by atoms with Crippen molar-refractivity contribution in [2.75, 3.05) is 4.90 Å². The van der Waals surface area contributed by atoms with Crippen molar-refractivity contribution in [1.82, 2.24) is 4.57 Å². The van der Waals surface area contributed by atoms with E-state index >= 15 is 0 Å². The molecule has 2 aromatic heterocycles. The van der Waals surface area contributed by atoms with Crippen LogP contribution in [0, 0.1) is 5.92 Å². The van der Waals surface area contributed by atoms with Gasteiger partial charge in [0.15, 0.2) is 5.58 Å². The Labute approximate surface area is 373 Å². The van der Waals surface area contributed by atoms with Gasteiger partial charge < -0.3 is 13.9 Å². The fraction of sp³-hybridized carbons (Fsp3) is 0.0492. The largest absolute Gasteiger partial charge is 0.454 e. The lowest BCUT2D eigenvalue weighted by Gasteiger charge is -2.26. The minimum absolute atomic E-state index is 0.346. The SMILES string of the molecule is CC1C=CC=CC1c1ccc2c3ccccc3n(-c3ccccc3-c3ccc(-c4ccc(N(c5ccc(-c6ccccc6)cc5)c5cccc6c5oc5ccccc56)cc4)cc3)c2c1. The van der Waals surface area contributed by atoms with E-state index in [1.54, 1.807) is 0 Å². The van der Waals surface area contributed by atoms with Gasteiger partial charge in [0.1, 0.15) is 5.58 Å². The first kappa shape index (κ1) is 37.6. The summed E-state index contributed by atoms with van der Waals surface area (Å²) in [6, 6.07) is 76.7. The van der Waals surface area contributed by atoms with Crippen molar-refractivity contribution in [3.63, 3.8) is 0 Å². The van der Waals surface area contributed by atoms with E-state index < -0.39 is 0 Å². The quantitative estimate of drug-likeness (QED) is 0.152. The van der Waals surface area contributed by atoms with Crippen LogP contribution in [0.3, 0.4) is 0 Å². The van der Waals surface area contributed by atoms with E-state index in [2.05, 4.69) is 241 Å². The first-order chi connectivity index (χ1) is 31.7. The topological polar surface area (TPSA) is 21.3 Å². The number of furan rings is 1. The van der Waals surface area contributed by atoms with Crippen LogP contribution in [-0.4, -0.2) is 4.57 Å². The third-order valence-electron chi connectivity index (χ3n) is 13.2. The molecule has 0 saturated heterocycles. The van der Waals surface area contributed by atoms with Crippen molar-refractivity contribution >= 4 is 60.8 Å². The average Bonchev–Trinajstić information content (AvgIpc) is 3.91. The zero-order valence-corrected chi connectivity index (χ0v) is 35.5. The fourth-order valence-corrected chi connectivity index (χ4v) is 9.91. The van der Waals surface area contributed by atoms with Crippen molar-refractivity contribution in [2.45, 2.75) is 12.8 Å². The maximum absolute atomic E-state index is 6.60. The number of allylic oxidation sites excluding steroid dienone is 4. The molecule has 2 atom stereocenters. The predicted octanol–water partition coefficient (Wildman–Crippen LogP) is 17.0. The number of anilines is 3. The first-order valence-corrected chi connectivity index (χ1v) is 22.2. The molecule has 2 unspecified atom stereocenters. The summed E-state index contributed by atoms with van der Waals surface area (Å²) in [6.07, 6.45) is 9.00. The van der Waals surface area contributed by atoms with Gasteiger partial charge in [-0.25, -0.2) is 0 Å². The van der Waals surface area contributed by atoms with Crippen molar-refractivity contribution in [2.24, 2.45) is 5.92 Å². The van der Waals surface area contributed by atoms with Gasteiger partial charge in [-0.1, -0.05) is 189 Å². The molecule has 0 radical (unpaired) electrons. The number of hydrogen-bond acceptors (Lipinski definition) is 2. The third kappa shape index (κ3) is 6.44. The lowest BCUT2D eigenvalue weighted by Crippen LogP contribution is -2.10. The second-order valence-electron chi connectivity index (χ2n) is 16.9. The number of rotatable bonds is 8. The summed E-state index contributed by atoms with van der Waals surface area (Å²) < 4.78 is 9.07. The Morgan fingerprint density at radius 3 is 1.77 bits per heavy atom. The van der Waals surface area contributed by atoms with Crippen LogP contribution in [0.2, 0.25) is 0 Å². The molecule has 3 nitrogen and oxygen atoms in total. The molecule has 0 saturated carbocycles. The van der Waals surface area contributed by atoms with Crippen LogP contribution in [0.15, 0.2) is 241 Å². The molecule has 0 amide bonds. The van der Waals surface area contributed by atoms with Crippen LogP contribution in [-0.2, 0) is 0 Å². The summed E-state index contributed by atoms with van der Waals surface area (Å²) in [5.41, 5.74) is 16.9. The van der Waals surface area contributed by atoms with Gasteiger partial charge in [-0.2, -0.15) is 0 Å². The van der Waals surface area contributed by atoms with Crippen LogP contribution in [0.5, 0.6) is 0 Å². The molecule has 2 heterocycles. The van der Waals surface area contributed by atoms with Crippen LogP contribution in [0.25, 0.3) is 82.8 Å². The van der Waals surface area contributed by atoms with Crippen molar-refractivity contribution < 1.29 is 4.42 Å². The normalized spacial score (nSPS) is 14.8. The molecule has 9 aromatic carbocycles. The highest BCUT2D eigenvalue weighted by molar-refractivity contribution is 6.11. The van der Waals surface area contributed by atoms with Gasteiger partial charge in [0.2, 0.25) is 0 Å². The predicted molar refractivity (Wildman–Crippen MR) is 269 cm³/mol. The highest BCUT2D eigenvalue weighted by Crippen LogP contribution is 2.44. The molecule has 64 heavy (non-hydrogen) atoms. The number of hydrogen-bond donors (Lipinski definition) is 0. The summed E-state index contributed by atoms with van der Waals surface area (Å²) in [5, 5.41) is 4.75. The van der Waals surface area contributed by atoms with E-state index in [1.165, 1.54) is 55.3 Å². The zero-order valence-electron chi connectivity index (χ0n) is 35.5. The minimum atomic E-state index is 0.346. The Morgan fingerprint density at radius 2 is 1.02 bits per heavy atom. The van der Waals surface area contributed by atoms with Gasteiger partial charge in [-0.05, 0) is 93.9 Å². The minimum Gasteiger partial charge on any atom is -0.454 e. The van der Waals surface area contributed by atoms with Gasteiger partial charge in [0.05, 0.1) is 22.4 Å². The van der Waals surface area contributed by atoms with E-state index in [0.29, 0.717) is 11.8 Å². The third-order valence-corrected chi connectivity index (χ3v) is 13.2. The second kappa shape index (κ2) is 15.6. The lowest BCUT2D eigenvalue weighted by molar-refractivity contribution is 0.636. The van der Waals surface area contributed by atoms with Gasteiger partial charge >= 0.3 is 0 Å². The maximum atomic E-state index is 6.60. The summed E-state index contributed by atoms with van der Waals surface area (Å²) in [5.74, 6) is 0.787. The van der Waals surface area contributed by atoms with Crippen molar-refractivity contribution in [3.8, 4) is 39.1 Å². The molecule has 1 aliphatic rings. The average molecular weight is 821 g/mol. The molecule has 304 valence electrons. The number of aromatic nitrogens is 1. The number of para-hydroxylation sites is 4. The summed E-state index contributed by atoms with van der Waals surface area (Å²) in [7, 11) is 0. The Kier molecular flexibility index (Phi) is 9.19. The zero-order chi connectivity index (χ0) is 42.6. The van der Waals surface area contributed by atoms with Crippen LogP contribution in [0.4, 0.5) is 17.1 Å². The van der Waals surface area contributed by atoms with E-state index in [0.717, 1.165) is 50.1 Å². The summed E-state index contributed by atoms with van der Waals surface area (Å²) >= 11 is 0. The van der Waals surface area contributed by atoms with Gasteiger partial charge in [-0.15, -0.1) is 0 Å². The number of nitrogens with zero attached hydrogens (tertiary/aromatic N) is 2. The molecule has 3 heteroatoms. The van der Waals surface area contributed by atoms with Crippen LogP contribution < -0.4 is 4.90 Å². The number of fused-ring (bicyclic) bond motifs is 6. The summed E-state index contributed by atoms with van der Waals surface area (Å²) in [6.45, 7) is 2.31. The van der Waals surface area contributed by atoms with E-state index in [-0.39, 0.29) is 0 Å². The molecule has 0 fully saturated rings. The maximum Gasteiger partial charge on any atom is 0.159 e. The Balaban J connectivity index is 0.907. The molecule has 0 aliphatic heterocycles. The molecular weight excluding hydrogens is 777 g/mol. The Hall–Kier alpha value is -8.14. The summed E-state index contributed by atoms with van der Waals surface area (Å²) in [4.78, 5) is 2.31. The van der Waals surface area contributed by atoms with E-state index in [9.17, 15) is 0 Å². The van der Waals surface area contributed by atoms with Gasteiger partial charge in [0, 0.05) is 44.4 Å². The molecule has 0 N–H and O–H groups in total. The second-order valence-corrected chi connectivity index (χ2v) is 16.9. The highest BCUT2D eigenvalue weighted by Gasteiger charge is 2.22. The number of benzene rings is 9. The van der Waals surface area contributed by atoms with E-state index in [1.807, 2.05) is 12.1 Å². The molecule has 0 bridgehead atoms. The first-order valence-electron chi connectivity index (χ1n) is 22.2. The molecular formula is C61H44N2O.